The molecule has 0 radical (unpaired) electrons. The summed E-state index contributed by atoms with van der Waals surface area (Å²) in [7, 11) is 0. The molecule has 0 aromatic rings. The lowest BCUT2D eigenvalue weighted by molar-refractivity contribution is -0.305. The second-order valence-electron chi connectivity index (χ2n) is 5.57. The van der Waals surface area contributed by atoms with E-state index in [4.69, 9.17) is 4.74 Å². The van der Waals surface area contributed by atoms with Crippen LogP contribution in [0.25, 0.3) is 0 Å². The van der Waals surface area contributed by atoms with Crippen molar-refractivity contribution in [3.05, 3.63) is 0 Å². The molecule has 1 spiro atoms. The Morgan fingerprint density at radius 2 is 2.05 bits per heavy atom. The summed E-state index contributed by atoms with van der Waals surface area (Å²) < 4.78 is 5.45. The maximum atomic E-state index is 11.9. The van der Waals surface area contributed by atoms with Crippen LogP contribution in [-0.4, -0.2) is 39.9 Å². The monoisotopic (exact) mass is 270 g/mol. The molecule has 0 unspecified atom stereocenters. The number of rotatable bonds is 4. The molecule has 2 fully saturated rings. The molecule has 0 aromatic carbocycles. The molecule has 2 rings (SSSR count). The second kappa shape index (κ2) is 5.00. The molecule has 1 aliphatic heterocycles. The molecule has 1 saturated carbocycles. The van der Waals surface area contributed by atoms with Gasteiger partial charge >= 0.3 is 6.09 Å². The van der Waals surface area contributed by atoms with Crippen LogP contribution in [0.15, 0.2) is 0 Å². The lowest BCUT2D eigenvalue weighted by Gasteiger charge is -2.42. The predicted molar refractivity (Wildman–Crippen MR) is 63.9 cm³/mol. The number of aliphatic hydroxyl groups is 1. The topological polar surface area (TPSA) is 89.9 Å². The molecule has 6 nitrogen and oxygen atoms in total. The summed E-state index contributed by atoms with van der Waals surface area (Å²) in [4.78, 5) is 23.6. The van der Waals surface area contributed by atoms with Crippen LogP contribution in [0.4, 0.5) is 4.79 Å². The summed E-state index contributed by atoms with van der Waals surface area (Å²) in [6, 6.07) is 0. The number of carboxylic acid groups (broad SMARTS) is 1. The molecule has 0 aromatic heterocycles. The molecule has 19 heavy (non-hydrogen) atoms. The molecule has 1 N–H and O–H groups in total. The van der Waals surface area contributed by atoms with E-state index in [1.54, 1.807) is 6.92 Å². The molecular weight excluding hydrogens is 250 g/mol. The lowest BCUT2D eigenvalue weighted by Crippen LogP contribution is -2.57. The van der Waals surface area contributed by atoms with E-state index in [1.807, 2.05) is 0 Å². The number of carboxylic acids is 1. The van der Waals surface area contributed by atoms with Crippen LogP contribution in [0.3, 0.4) is 0 Å². The van der Waals surface area contributed by atoms with Crippen LogP contribution < -0.4 is 5.11 Å². The third-order valence-electron chi connectivity index (χ3n) is 4.32. The van der Waals surface area contributed by atoms with Gasteiger partial charge in [0.1, 0.15) is 0 Å². The number of hydrogen-bond acceptors (Lipinski definition) is 5. The summed E-state index contributed by atoms with van der Waals surface area (Å²) in [6.45, 7) is 1.75. The minimum atomic E-state index is -1.36. The quantitative estimate of drug-likeness (QED) is 0.797. The molecule has 1 aliphatic carbocycles. The Kier molecular flexibility index (Phi) is 3.71. The molecule has 1 atom stereocenters. The number of hydrogen-bond donors (Lipinski definition) is 1. The Hall–Kier alpha value is -1.30. The lowest BCUT2D eigenvalue weighted by atomic mass is 9.77. The molecule has 108 valence electrons. The normalized spacial score (nSPS) is 29.6. The van der Waals surface area contributed by atoms with E-state index in [0.717, 1.165) is 19.3 Å². The van der Waals surface area contributed by atoms with Crippen molar-refractivity contribution in [2.24, 2.45) is 0 Å². The van der Waals surface area contributed by atoms with E-state index in [9.17, 15) is 19.8 Å². The van der Waals surface area contributed by atoms with Crippen LogP contribution in [-0.2, 0) is 9.53 Å². The summed E-state index contributed by atoms with van der Waals surface area (Å²) in [5.74, 6) is -1.15. The molecule has 1 saturated heterocycles. The van der Waals surface area contributed by atoms with Crippen LogP contribution in [0.1, 0.15) is 51.9 Å². The van der Waals surface area contributed by atoms with Gasteiger partial charge in [0.2, 0.25) is 0 Å². The van der Waals surface area contributed by atoms with E-state index < -0.39 is 23.4 Å². The zero-order valence-electron chi connectivity index (χ0n) is 11.2. The van der Waals surface area contributed by atoms with Crippen molar-refractivity contribution in [1.29, 1.82) is 0 Å². The maximum absolute atomic E-state index is 11.9. The van der Waals surface area contributed by atoms with Gasteiger partial charge < -0.3 is 19.7 Å². The van der Waals surface area contributed by atoms with Gasteiger partial charge in [0.05, 0.1) is 0 Å². The first-order valence-corrected chi connectivity index (χ1v) is 6.82. The Labute approximate surface area is 112 Å². The Balaban J connectivity index is 2.07. The number of nitrogens with zero attached hydrogens (tertiary/aromatic N) is 1. The van der Waals surface area contributed by atoms with Crippen LogP contribution in [0, 0.1) is 0 Å². The highest BCUT2D eigenvalue weighted by molar-refractivity contribution is 5.72. The van der Waals surface area contributed by atoms with Crippen molar-refractivity contribution in [3.8, 4) is 0 Å². The fraction of sp³-hybridized carbons (Fsp3) is 0.846. The van der Waals surface area contributed by atoms with Gasteiger partial charge in [-0.2, -0.15) is 0 Å². The number of carbonyl (C=O) groups excluding carboxylic acids is 2. The van der Waals surface area contributed by atoms with Gasteiger partial charge in [-0.05, 0) is 45.4 Å². The fourth-order valence-electron chi connectivity index (χ4n) is 3.13. The summed E-state index contributed by atoms with van der Waals surface area (Å²) in [6.07, 6.45) is 3.82. The SMILES string of the molecule is C[C@]1(O)N(CCCC(=O)[O-])C(=O)OC12CCCCC2. The number of aliphatic carboxylic acids is 1. The van der Waals surface area contributed by atoms with Gasteiger partial charge in [0.15, 0.2) is 11.3 Å². The fourth-order valence-corrected chi connectivity index (χ4v) is 3.13. The molecular formula is C13H20NO5-. The zero-order valence-corrected chi connectivity index (χ0v) is 11.2. The first-order valence-electron chi connectivity index (χ1n) is 6.82. The summed E-state index contributed by atoms with van der Waals surface area (Å²) in [5.41, 5.74) is -2.19. The molecule has 6 heteroatoms. The standard InChI is InChI=1S/C13H21NO5/c1-12(18)13(7-3-2-4-8-13)19-11(17)14(12)9-5-6-10(15)16/h18H,2-9H2,1H3,(H,15,16)/p-1/t12-/m1/s1. The Morgan fingerprint density at radius 3 is 2.63 bits per heavy atom. The predicted octanol–water partition coefficient (Wildman–Crippen LogP) is 0.380. The molecule has 1 heterocycles. The van der Waals surface area contributed by atoms with Gasteiger partial charge in [-0.3, -0.25) is 4.90 Å². The van der Waals surface area contributed by atoms with E-state index in [0.29, 0.717) is 12.8 Å². The molecule has 2 aliphatic rings. The largest absolute Gasteiger partial charge is 0.550 e. The average molecular weight is 270 g/mol. The van der Waals surface area contributed by atoms with Crippen molar-refractivity contribution in [3.63, 3.8) is 0 Å². The Bertz CT molecular complexity index is 373. The van der Waals surface area contributed by atoms with Crippen molar-refractivity contribution in [2.75, 3.05) is 6.54 Å². The van der Waals surface area contributed by atoms with E-state index in [-0.39, 0.29) is 19.4 Å². The smallest absolute Gasteiger partial charge is 0.412 e. The summed E-state index contributed by atoms with van der Waals surface area (Å²) in [5, 5.41) is 21.1. The number of carbonyl (C=O) groups is 2. The van der Waals surface area contributed by atoms with E-state index in [1.165, 1.54) is 4.90 Å². The zero-order chi connectivity index (χ0) is 14.1. The minimum Gasteiger partial charge on any atom is -0.550 e. The highest BCUT2D eigenvalue weighted by Gasteiger charge is 2.61. The summed E-state index contributed by atoms with van der Waals surface area (Å²) >= 11 is 0. The van der Waals surface area contributed by atoms with Gasteiger partial charge in [0, 0.05) is 12.5 Å². The van der Waals surface area contributed by atoms with Crippen LogP contribution in [0.5, 0.6) is 0 Å². The van der Waals surface area contributed by atoms with E-state index >= 15 is 0 Å². The first kappa shape index (κ1) is 14.1. The Morgan fingerprint density at radius 1 is 1.42 bits per heavy atom. The van der Waals surface area contributed by atoms with Crippen LogP contribution >= 0.6 is 0 Å². The van der Waals surface area contributed by atoms with Crippen molar-refractivity contribution >= 4 is 12.1 Å². The van der Waals surface area contributed by atoms with E-state index in [2.05, 4.69) is 0 Å². The second-order valence-corrected chi connectivity index (χ2v) is 5.57. The van der Waals surface area contributed by atoms with Crippen molar-refractivity contribution in [1.82, 2.24) is 4.90 Å². The van der Waals surface area contributed by atoms with Crippen molar-refractivity contribution < 1.29 is 24.5 Å². The maximum Gasteiger partial charge on any atom is 0.412 e. The number of amides is 1. The highest BCUT2D eigenvalue weighted by atomic mass is 16.6. The molecule has 1 amide bonds. The third-order valence-corrected chi connectivity index (χ3v) is 4.32. The van der Waals surface area contributed by atoms with Crippen LogP contribution in [0.2, 0.25) is 0 Å². The number of ether oxygens (including phenoxy) is 1. The van der Waals surface area contributed by atoms with Gasteiger partial charge in [-0.25, -0.2) is 4.79 Å². The third kappa shape index (κ3) is 2.41. The minimum absolute atomic E-state index is 0.132. The van der Waals surface area contributed by atoms with Gasteiger partial charge in [-0.1, -0.05) is 6.42 Å². The first-order chi connectivity index (χ1) is 8.89. The average Bonchev–Trinajstić information content (AvgIpc) is 2.50. The van der Waals surface area contributed by atoms with Gasteiger partial charge in [0.25, 0.3) is 0 Å². The van der Waals surface area contributed by atoms with Crippen molar-refractivity contribution in [2.45, 2.75) is 63.2 Å². The highest BCUT2D eigenvalue weighted by Crippen LogP contribution is 2.46. The molecule has 0 bridgehead atoms. The van der Waals surface area contributed by atoms with Gasteiger partial charge in [-0.15, -0.1) is 0 Å².